The van der Waals surface area contributed by atoms with Gasteiger partial charge < -0.3 is 7.68 Å². The monoisotopic (exact) mass is 726 g/mol. The van der Waals surface area contributed by atoms with Crippen molar-refractivity contribution in [1.29, 1.82) is 0 Å². The van der Waals surface area contributed by atoms with Gasteiger partial charge in [0, 0.05) is 66.4 Å². The molecule has 0 fully saturated rings. The van der Waals surface area contributed by atoms with Gasteiger partial charge in [-0.3, -0.25) is 0 Å². The maximum absolute atomic E-state index is 9.29. The first-order valence-corrected chi connectivity index (χ1v) is 60.5. The Hall–Kier alpha value is 3.70. The van der Waals surface area contributed by atoms with Crippen LogP contribution in [0.15, 0.2) is 0 Å². The van der Waals surface area contributed by atoms with E-state index in [4.69, 9.17) is 0 Å². The minimum Gasteiger partial charge on any atom is -0.536 e. The third kappa shape index (κ3) is 6.86. The molecule has 0 aromatic carbocycles. The average Bonchev–Trinajstić information content (AvgIpc) is 2.49. The van der Waals surface area contributed by atoms with Gasteiger partial charge in [0.2, 0.25) is 0 Å². The van der Waals surface area contributed by atoms with E-state index in [-0.39, 0.29) is 18.9 Å². The van der Waals surface area contributed by atoms with Crippen molar-refractivity contribution in [3.05, 3.63) is 0 Å². The fraction of sp³-hybridized carbons (Fsp3) is 1.00. The molecule has 0 spiro atoms. The predicted octanol–water partition coefficient (Wildman–Crippen LogP) is 7.79. The second-order valence-electron chi connectivity index (χ2n) is 19.4. The van der Waals surface area contributed by atoms with Crippen molar-refractivity contribution < 1.29 is 18.9 Å². The second-order valence-corrected chi connectivity index (χ2v) is 151. The van der Waals surface area contributed by atoms with Crippen LogP contribution in [0.2, 0.25) is 151 Å². The van der Waals surface area contributed by atoms with E-state index in [1.54, 1.807) is 0 Å². The molecule has 14 heteroatoms. The summed E-state index contributed by atoms with van der Waals surface area (Å²) in [6.07, 6.45) is -3.72. The first kappa shape index (κ1) is 42.8. The molecule has 0 N–H and O–H groups in total. The van der Waals surface area contributed by atoms with Crippen LogP contribution < -0.4 is 18.9 Å². The summed E-state index contributed by atoms with van der Waals surface area (Å²) in [5.74, 6) is 0. The Labute approximate surface area is 264 Å². The first-order chi connectivity index (χ1) is 15.0. The van der Waals surface area contributed by atoms with Crippen molar-refractivity contribution in [1.82, 2.24) is 0 Å². The van der Waals surface area contributed by atoms with E-state index < -0.39 is 78.8 Å². The largest absolute Gasteiger partial charge is 1.00 e. The van der Waals surface area contributed by atoms with Crippen LogP contribution in [-0.2, 0) is 0 Å². The maximum atomic E-state index is 9.29. The predicted molar refractivity (Wildman–Crippen MR) is 211 cm³/mol. The zero-order valence-electron chi connectivity index (χ0n) is 30.3. The number of hydrogen-bond acceptors (Lipinski definition) is 0. The Morgan fingerprint density at radius 1 is 0.324 bits per heavy atom. The van der Waals surface area contributed by atoms with Crippen LogP contribution in [0.4, 0.5) is 0 Å². The summed E-state index contributed by atoms with van der Waals surface area (Å²) in [5.41, 5.74) is 0. The molecule has 0 aromatic rings. The number of rotatable bonds is 11. The van der Waals surface area contributed by atoms with Crippen molar-refractivity contribution in [3.63, 3.8) is 0 Å². The van der Waals surface area contributed by atoms with Gasteiger partial charge in [0.1, 0.15) is 0 Å². The van der Waals surface area contributed by atoms with E-state index in [1.165, 1.54) is 0 Å². The Morgan fingerprint density at radius 2 is 0.486 bits per heavy atom. The topological polar surface area (TPSA) is 0 Å². The summed E-state index contributed by atoms with van der Waals surface area (Å²) < 4.78 is 0. The fourth-order valence-electron chi connectivity index (χ4n) is 9.07. The summed E-state index contributed by atoms with van der Waals surface area (Å²) in [6.45, 7) is 61.8. The van der Waals surface area contributed by atoms with E-state index in [2.05, 4.69) is 158 Å². The molecule has 0 bridgehead atoms. The molecular weight excluding hydrogens is 659 g/mol. The molecule has 218 valence electrons. The number of halogens is 1. The van der Waals surface area contributed by atoms with Gasteiger partial charge in [-0.05, 0) is 6.09 Å². The summed E-state index contributed by atoms with van der Waals surface area (Å²) in [7, 11) is -7.96. The molecule has 0 amide bonds. The third-order valence-corrected chi connectivity index (χ3v) is 294. The normalized spacial score (nSPS) is 16.9. The number of hydrogen-bond donors (Lipinski definition) is 0. The third-order valence-electron chi connectivity index (χ3n) is 10.9. The van der Waals surface area contributed by atoms with Gasteiger partial charge in [-0.2, -0.15) is 0 Å². The van der Waals surface area contributed by atoms with E-state index in [0.29, 0.717) is 0 Å². The minimum absolute atomic E-state index is 0. The molecule has 0 unspecified atom stereocenters. The van der Waals surface area contributed by atoms with Gasteiger partial charge in [-0.1, -0.05) is 151 Å². The van der Waals surface area contributed by atoms with Crippen molar-refractivity contribution in [2.45, 2.75) is 151 Å². The van der Waals surface area contributed by atoms with E-state index in [1.807, 2.05) is 0 Å². The van der Waals surface area contributed by atoms with Crippen molar-refractivity contribution in [3.8, 4) is 0 Å². The smallest absolute Gasteiger partial charge is 0.536 e. The van der Waals surface area contributed by atoms with Gasteiger partial charge in [-0.25, -0.2) is 11.1 Å². The van der Waals surface area contributed by atoms with Crippen LogP contribution in [-0.4, -0.2) is 78.8 Å². The van der Waals surface area contributed by atoms with Gasteiger partial charge in [0.15, 0.2) is 0 Å². The molecule has 0 heterocycles. The molecule has 0 aromatic heterocycles. The average molecular weight is 728 g/mol. The first-order valence-electron chi connectivity index (χ1n) is 14.4. The molecule has 0 nitrogen and oxygen atoms in total. The zero-order valence-corrected chi connectivity index (χ0v) is 43.0. The molecule has 0 rings (SSSR count). The second kappa shape index (κ2) is 11.9. The maximum Gasteiger partial charge on any atom is 1.00 e. The molecular formula is C23H69ClLiPSi11. The Bertz CT molecular complexity index is 687. The Kier molecular flexibility index (Phi) is 13.8. The molecule has 0 radical (unpaired) electrons. The van der Waals surface area contributed by atoms with Crippen LogP contribution in [0.25, 0.3) is 0 Å². The zero-order chi connectivity index (χ0) is 30.2. The Morgan fingerprint density at radius 3 is 0.595 bits per heavy atom. The molecule has 0 saturated heterocycles. The van der Waals surface area contributed by atoms with Gasteiger partial charge in [0.25, 0.3) is 0 Å². The van der Waals surface area contributed by atoms with E-state index >= 15 is 0 Å². The molecule has 0 aliphatic heterocycles. The van der Waals surface area contributed by atoms with Crippen LogP contribution in [0.1, 0.15) is 0 Å². The summed E-state index contributed by atoms with van der Waals surface area (Å²) >= 11 is 9.29. The van der Waals surface area contributed by atoms with Gasteiger partial charge in [-0.15, -0.1) is 6.29 Å². The standard InChI is InChI=1S/C23H69ClPSi11.Li/c1-26(2,3)33(22,27(4,5)6)35(24,34(23,28(7,8)9)29(10,11)12)25-36(30(13,14)15,31(16,17)18)32(19,20)21;/h1-23H3;/q-1;+1. The molecule has 0 atom stereocenters. The van der Waals surface area contributed by atoms with E-state index in [9.17, 15) is 11.1 Å². The van der Waals surface area contributed by atoms with Gasteiger partial charge in [0.05, 0.1) is 0 Å². The van der Waals surface area contributed by atoms with Crippen molar-refractivity contribution in [2.24, 2.45) is 0 Å². The Balaban J connectivity index is 0. The van der Waals surface area contributed by atoms with Crippen LogP contribution >= 0.6 is 18.8 Å². The summed E-state index contributed by atoms with van der Waals surface area (Å²) in [4.78, 5) is 0. The van der Waals surface area contributed by atoms with Crippen molar-refractivity contribution >= 4 is 97.5 Å². The molecule has 0 saturated carbocycles. The molecule has 0 aliphatic rings. The molecule has 37 heavy (non-hydrogen) atoms. The molecule has 0 aliphatic carbocycles. The van der Waals surface area contributed by atoms with Crippen LogP contribution in [0.5, 0.6) is 0 Å². The SMILES string of the molecule is C[Si](C)(C)[Si](C)([Si](C)(C)C)[Si](Cl)([P-][Si]([Si](C)(C)C)([Si](C)(C)C)[Si](C)(C)C)[Si](C)([Si](C)(C)C)[Si](C)(C)C.[Li+]. The minimum atomic E-state index is -2.13. The quantitative estimate of drug-likeness (QED) is 0.116. The summed E-state index contributed by atoms with van der Waals surface area (Å²) in [6, 6.07) is 0. The van der Waals surface area contributed by atoms with Crippen LogP contribution in [0, 0.1) is 0 Å². The van der Waals surface area contributed by atoms with E-state index in [0.717, 1.165) is 0 Å². The summed E-state index contributed by atoms with van der Waals surface area (Å²) in [5, 5.41) is 0. The van der Waals surface area contributed by atoms with Crippen LogP contribution in [0.3, 0.4) is 0 Å². The fourth-order valence-corrected chi connectivity index (χ4v) is 500. The van der Waals surface area contributed by atoms with Crippen molar-refractivity contribution in [2.75, 3.05) is 0 Å². The van der Waals surface area contributed by atoms with Gasteiger partial charge >= 0.3 is 18.9 Å².